The van der Waals surface area contributed by atoms with E-state index < -0.39 is 7.14 Å². The highest BCUT2D eigenvalue weighted by atomic mass is 79.9. The lowest BCUT2D eigenvalue weighted by atomic mass is 9.97. The van der Waals surface area contributed by atoms with Gasteiger partial charge in [-0.05, 0) is 102 Å². The van der Waals surface area contributed by atoms with Gasteiger partial charge in [0.15, 0.2) is 0 Å². The van der Waals surface area contributed by atoms with E-state index in [4.69, 9.17) is 14.5 Å². The van der Waals surface area contributed by atoms with E-state index in [1.165, 1.54) is 48.3 Å². The molecule has 4 aromatic rings. The summed E-state index contributed by atoms with van der Waals surface area (Å²) in [4.78, 5) is 17.1. The van der Waals surface area contributed by atoms with Gasteiger partial charge in [0.25, 0.3) is 0 Å². The highest BCUT2D eigenvalue weighted by Crippen LogP contribution is 2.42. The number of nitrogens with zero attached hydrogens (tertiary/aromatic N) is 5. The second-order valence-electron chi connectivity index (χ2n) is 14.3. The third-order valence-electron chi connectivity index (χ3n) is 10.6. The number of fused-ring (bicyclic) bond motifs is 1. The van der Waals surface area contributed by atoms with Crippen LogP contribution in [-0.4, -0.2) is 92.6 Å². The number of hydrogen-bond acceptors (Lipinski definition) is 10. The van der Waals surface area contributed by atoms with Crippen LogP contribution in [0.4, 0.5) is 28.8 Å². The summed E-state index contributed by atoms with van der Waals surface area (Å²) >= 11 is 3.64. The number of anilines is 5. The number of piperazine rings is 1. The molecule has 3 aliphatic rings. The summed E-state index contributed by atoms with van der Waals surface area (Å²) in [6.07, 6.45) is 4.97. The van der Waals surface area contributed by atoms with Crippen molar-refractivity contribution >= 4 is 57.2 Å². The molecule has 0 radical (unpaired) electrons. The molecule has 51 heavy (non-hydrogen) atoms. The number of piperidine rings is 1. The van der Waals surface area contributed by atoms with Gasteiger partial charge in [-0.25, -0.2) is 4.98 Å². The number of ether oxygens (including phenoxy) is 2. The van der Waals surface area contributed by atoms with Crippen molar-refractivity contribution in [3.63, 3.8) is 0 Å². The van der Waals surface area contributed by atoms with Gasteiger partial charge in [-0.15, -0.1) is 0 Å². The first-order chi connectivity index (χ1) is 24.6. The second kappa shape index (κ2) is 15.2. The van der Waals surface area contributed by atoms with E-state index in [-0.39, 0.29) is 0 Å². The van der Waals surface area contributed by atoms with Crippen LogP contribution in [0.15, 0.2) is 59.2 Å². The molecule has 1 aromatic heterocycles. The van der Waals surface area contributed by atoms with Crippen molar-refractivity contribution in [3.05, 3.63) is 75.9 Å². The van der Waals surface area contributed by atoms with E-state index in [0.29, 0.717) is 35.5 Å². The molecule has 7 rings (SSSR count). The lowest BCUT2D eigenvalue weighted by Gasteiger charge is -2.43. The van der Waals surface area contributed by atoms with Crippen LogP contribution < -0.4 is 25.6 Å². The Balaban J connectivity index is 1.11. The van der Waals surface area contributed by atoms with Crippen LogP contribution in [-0.2, 0) is 28.9 Å². The maximum atomic E-state index is 13.7. The summed E-state index contributed by atoms with van der Waals surface area (Å²) in [7, 11) is 1.24. The molecule has 0 aliphatic carbocycles. The molecular weight excluding hydrogens is 725 g/mol. The number of benzene rings is 3. The molecule has 10 nitrogen and oxygen atoms in total. The average molecular weight is 775 g/mol. The molecule has 2 N–H and O–H groups in total. The number of aromatic nitrogens is 2. The molecule has 4 heterocycles. The number of nitrogens with one attached hydrogen (secondary N) is 2. The van der Waals surface area contributed by atoms with Gasteiger partial charge in [-0.1, -0.05) is 31.2 Å². The van der Waals surface area contributed by atoms with Crippen LogP contribution in [0.2, 0.25) is 0 Å². The van der Waals surface area contributed by atoms with Gasteiger partial charge in [0.05, 0.1) is 36.2 Å². The van der Waals surface area contributed by atoms with E-state index >= 15 is 0 Å². The second-order valence-corrected chi connectivity index (χ2v) is 18.3. The highest BCUT2D eigenvalue weighted by molar-refractivity contribution is 9.10. The Hall–Kier alpha value is -3.47. The van der Waals surface area contributed by atoms with Gasteiger partial charge >= 0.3 is 0 Å². The zero-order chi connectivity index (χ0) is 35.7. The van der Waals surface area contributed by atoms with Crippen molar-refractivity contribution in [1.82, 2.24) is 19.8 Å². The quantitative estimate of drug-likeness (QED) is 0.158. The summed E-state index contributed by atoms with van der Waals surface area (Å²) in [6, 6.07) is 17.4. The molecule has 0 atom stereocenters. The summed E-state index contributed by atoms with van der Waals surface area (Å²) in [5, 5.41) is 7.65. The normalized spacial score (nSPS) is 17.4. The maximum absolute atomic E-state index is 13.7. The number of aryl methyl sites for hydroxylation is 1. The van der Waals surface area contributed by atoms with Crippen molar-refractivity contribution in [2.24, 2.45) is 0 Å². The zero-order valence-corrected chi connectivity index (χ0v) is 32.8. The molecule has 3 aliphatic heterocycles. The standard InChI is InChI=1S/C39H49BrN7O3P/c1-6-26-20-34(36(49-3)22-35(26)47-14-12-29(13-15-47)46-18-16-45(2)17-19-46)43-39-41-23-32(40)38(44-39)42-33-11-10-27(21-37(33)51(4,5)48)30-9-7-8-28-24-50-25-31(28)30/h7-11,20-23,29H,6,12-19,24-25H2,1-5H3,(H2,41,42,43,44). The Labute approximate surface area is 310 Å². The summed E-state index contributed by atoms with van der Waals surface area (Å²) in [5.74, 6) is 1.74. The Morgan fingerprint density at radius 2 is 1.76 bits per heavy atom. The Morgan fingerprint density at radius 1 is 0.980 bits per heavy atom. The fourth-order valence-corrected chi connectivity index (χ4v) is 9.06. The number of methoxy groups -OCH3 is 1. The first kappa shape index (κ1) is 35.9. The summed E-state index contributed by atoms with van der Waals surface area (Å²) in [5.41, 5.74) is 8.59. The zero-order valence-electron chi connectivity index (χ0n) is 30.3. The molecule has 2 fully saturated rings. The number of hydrogen-bond donors (Lipinski definition) is 2. The molecule has 0 amide bonds. The maximum Gasteiger partial charge on any atom is 0.229 e. The van der Waals surface area contributed by atoms with Gasteiger partial charge in [-0.2, -0.15) is 4.98 Å². The number of rotatable bonds is 10. The van der Waals surface area contributed by atoms with Gasteiger partial charge in [0.1, 0.15) is 18.7 Å². The van der Waals surface area contributed by atoms with E-state index in [1.54, 1.807) is 26.6 Å². The van der Waals surface area contributed by atoms with Gasteiger partial charge < -0.3 is 34.5 Å². The van der Waals surface area contributed by atoms with E-state index in [9.17, 15) is 4.57 Å². The van der Waals surface area contributed by atoms with Gasteiger partial charge in [-0.3, -0.25) is 4.90 Å². The third-order valence-corrected chi connectivity index (χ3v) is 12.7. The van der Waals surface area contributed by atoms with Gasteiger partial charge in [0.2, 0.25) is 5.95 Å². The first-order valence-electron chi connectivity index (χ1n) is 17.9. The Kier molecular flexibility index (Phi) is 10.7. The fourth-order valence-electron chi connectivity index (χ4n) is 7.60. The predicted molar refractivity (Wildman–Crippen MR) is 212 cm³/mol. The average Bonchev–Trinajstić information content (AvgIpc) is 3.62. The van der Waals surface area contributed by atoms with E-state index in [2.05, 4.69) is 96.6 Å². The topological polar surface area (TPSA) is 95.1 Å². The summed E-state index contributed by atoms with van der Waals surface area (Å²) in [6.45, 7) is 13.7. The molecular formula is C39H49BrN7O3P. The number of halogens is 1. The van der Waals surface area contributed by atoms with Crippen molar-refractivity contribution in [3.8, 4) is 16.9 Å². The molecule has 0 spiro atoms. The molecule has 0 bridgehead atoms. The molecule has 3 aromatic carbocycles. The van der Waals surface area contributed by atoms with Crippen LogP contribution in [0.5, 0.6) is 5.75 Å². The fraction of sp³-hybridized carbons (Fsp3) is 0.436. The largest absolute Gasteiger partial charge is 0.494 e. The van der Waals surface area contributed by atoms with Crippen molar-refractivity contribution in [1.29, 1.82) is 0 Å². The van der Waals surface area contributed by atoms with Crippen LogP contribution in [0, 0.1) is 0 Å². The molecule has 2 saturated heterocycles. The minimum absolute atomic E-state index is 0.427. The van der Waals surface area contributed by atoms with Crippen LogP contribution in [0.1, 0.15) is 36.5 Å². The first-order valence-corrected chi connectivity index (χ1v) is 21.3. The number of likely N-dealkylation sites (N-methyl/N-ethyl adjacent to an activating group) is 1. The molecule has 270 valence electrons. The SMILES string of the molecule is CCc1cc(Nc2ncc(Br)c(Nc3ccc(-c4cccc5c4COC5)cc3P(C)(C)=O)n2)c(OC)cc1N1CCC(N2CCN(C)CC2)CC1. The minimum atomic E-state index is -2.68. The third kappa shape index (κ3) is 7.83. The Bertz CT molecular complexity index is 1940. The predicted octanol–water partition coefficient (Wildman–Crippen LogP) is 7.46. The molecule has 0 unspecified atom stereocenters. The highest BCUT2D eigenvalue weighted by Gasteiger charge is 2.28. The smallest absolute Gasteiger partial charge is 0.229 e. The van der Waals surface area contributed by atoms with Crippen LogP contribution in [0.3, 0.4) is 0 Å². The molecule has 0 saturated carbocycles. The Morgan fingerprint density at radius 3 is 2.49 bits per heavy atom. The lowest BCUT2D eigenvalue weighted by molar-refractivity contribution is 0.0982. The van der Waals surface area contributed by atoms with Crippen molar-refractivity contribution < 1.29 is 14.0 Å². The van der Waals surface area contributed by atoms with Crippen LogP contribution in [0.25, 0.3) is 11.1 Å². The summed E-state index contributed by atoms with van der Waals surface area (Å²) < 4.78 is 26.0. The monoisotopic (exact) mass is 773 g/mol. The van der Waals surface area contributed by atoms with Gasteiger partial charge in [0, 0.05) is 68.6 Å². The van der Waals surface area contributed by atoms with Crippen molar-refractivity contribution in [2.45, 2.75) is 45.4 Å². The molecule has 12 heteroatoms. The van der Waals surface area contributed by atoms with Crippen molar-refractivity contribution in [2.75, 3.05) is 82.3 Å². The van der Waals surface area contributed by atoms with Crippen LogP contribution >= 0.6 is 23.1 Å². The van der Waals surface area contributed by atoms with E-state index in [0.717, 1.165) is 66.2 Å². The minimum Gasteiger partial charge on any atom is -0.494 e. The van der Waals surface area contributed by atoms with E-state index in [1.807, 2.05) is 12.1 Å². The lowest BCUT2D eigenvalue weighted by Crippen LogP contribution is -2.52.